The Morgan fingerprint density at radius 2 is 1.62 bits per heavy atom. The summed E-state index contributed by atoms with van der Waals surface area (Å²) in [6.07, 6.45) is 0. The van der Waals surface area contributed by atoms with Crippen LogP contribution in [0, 0.1) is 10.1 Å². The van der Waals surface area contributed by atoms with E-state index in [1.807, 2.05) is 12.1 Å². The number of ether oxygens (including phenoxy) is 1. The molecule has 0 aliphatic rings. The molecular weight excluding hydrogens is 272 g/mol. The van der Waals surface area contributed by atoms with Gasteiger partial charge in [0, 0.05) is 6.07 Å². The van der Waals surface area contributed by atoms with Crippen molar-refractivity contribution in [2.45, 2.75) is 0 Å². The van der Waals surface area contributed by atoms with Gasteiger partial charge in [0.25, 0.3) is 5.88 Å². The molecule has 104 valence electrons. The Bertz CT molecular complexity index is 835. The summed E-state index contributed by atoms with van der Waals surface area (Å²) in [6.45, 7) is 0. The summed E-state index contributed by atoms with van der Waals surface area (Å²) in [5.41, 5.74) is 6.86. The van der Waals surface area contributed by atoms with Gasteiger partial charge < -0.3 is 10.5 Å². The maximum Gasteiger partial charge on any atom is 0.311 e. The van der Waals surface area contributed by atoms with E-state index in [2.05, 4.69) is 9.97 Å². The SMILES string of the molecule is Nc1nc2ccccc2nc1Oc1ccccc1[N+](=O)[O-]. The minimum Gasteiger partial charge on any atom is -0.429 e. The summed E-state index contributed by atoms with van der Waals surface area (Å²) in [5.74, 6) is 0.189. The van der Waals surface area contributed by atoms with Crippen molar-refractivity contribution in [1.82, 2.24) is 9.97 Å². The van der Waals surface area contributed by atoms with Crippen molar-refractivity contribution >= 4 is 22.5 Å². The molecule has 0 saturated heterocycles. The Morgan fingerprint density at radius 3 is 2.33 bits per heavy atom. The Kier molecular flexibility index (Phi) is 3.07. The minimum absolute atomic E-state index is 0.0444. The quantitative estimate of drug-likeness (QED) is 0.585. The molecule has 3 aromatic rings. The average Bonchev–Trinajstić information content (AvgIpc) is 2.48. The van der Waals surface area contributed by atoms with Gasteiger partial charge in [-0.3, -0.25) is 10.1 Å². The lowest BCUT2D eigenvalue weighted by atomic mass is 10.3. The van der Waals surface area contributed by atoms with Gasteiger partial charge in [0.15, 0.2) is 5.82 Å². The molecule has 0 aliphatic heterocycles. The van der Waals surface area contributed by atoms with Crippen LogP contribution in [0.3, 0.4) is 0 Å². The van der Waals surface area contributed by atoms with Crippen LogP contribution in [0.1, 0.15) is 0 Å². The van der Waals surface area contributed by atoms with E-state index in [-0.39, 0.29) is 23.1 Å². The Morgan fingerprint density at radius 1 is 1.00 bits per heavy atom. The Hall–Kier alpha value is -3.22. The van der Waals surface area contributed by atoms with E-state index in [9.17, 15) is 10.1 Å². The second-order valence-corrected chi connectivity index (χ2v) is 4.23. The van der Waals surface area contributed by atoms with Gasteiger partial charge in [0.1, 0.15) is 0 Å². The standard InChI is InChI=1S/C14H10N4O3/c15-13-14(17-10-6-2-1-5-9(10)16-13)21-12-8-4-3-7-11(12)18(19)20/h1-8H,(H2,15,16). The Labute approximate surface area is 119 Å². The molecule has 0 spiro atoms. The van der Waals surface area contributed by atoms with Gasteiger partial charge in [-0.25, -0.2) is 9.97 Å². The summed E-state index contributed by atoms with van der Waals surface area (Å²) in [4.78, 5) is 18.8. The first-order valence-electron chi connectivity index (χ1n) is 6.08. The lowest BCUT2D eigenvalue weighted by Gasteiger charge is -2.08. The number of nitrogen functional groups attached to an aromatic ring is 1. The molecule has 1 aromatic heterocycles. The molecule has 7 heteroatoms. The largest absolute Gasteiger partial charge is 0.429 e. The lowest BCUT2D eigenvalue weighted by molar-refractivity contribution is -0.385. The number of rotatable bonds is 3. The van der Waals surface area contributed by atoms with Crippen molar-refractivity contribution in [3.63, 3.8) is 0 Å². The van der Waals surface area contributed by atoms with E-state index in [4.69, 9.17) is 10.5 Å². The molecule has 0 aliphatic carbocycles. The van der Waals surface area contributed by atoms with Crippen LogP contribution in [-0.2, 0) is 0 Å². The van der Waals surface area contributed by atoms with E-state index >= 15 is 0 Å². The molecule has 3 rings (SSSR count). The maximum absolute atomic E-state index is 11.0. The van der Waals surface area contributed by atoms with Crippen LogP contribution in [0.25, 0.3) is 11.0 Å². The van der Waals surface area contributed by atoms with Crippen molar-refractivity contribution in [2.75, 3.05) is 5.73 Å². The minimum atomic E-state index is -0.528. The molecular formula is C14H10N4O3. The fraction of sp³-hybridized carbons (Fsp3) is 0. The fourth-order valence-corrected chi connectivity index (χ4v) is 1.87. The molecule has 1 heterocycles. The average molecular weight is 282 g/mol. The topological polar surface area (TPSA) is 104 Å². The van der Waals surface area contributed by atoms with Gasteiger partial charge in [0.2, 0.25) is 5.75 Å². The molecule has 0 bridgehead atoms. The zero-order chi connectivity index (χ0) is 14.8. The lowest BCUT2D eigenvalue weighted by Crippen LogP contribution is -2.00. The second kappa shape index (κ2) is 5.04. The number of nitro groups is 1. The highest BCUT2D eigenvalue weighted by Crippen LogP contribution is 2.32. The molecule has 0 saturated carbocycles. The van der Waals surface area contributed by atoms with Crippen LogP contribution in [0.5, 0.6) is 11.6 Å². The van der Waals surface area contributed by atoms with Crippen LogP contribution >= 0.6 is 0 Å². The smallest absolute Gasteiger partial charge is 0.311 e. The van der Waals surface area contributed by atoms with Gasteiger partial charge in [0.05, 0.1) is 16.0 Å². The van der Waals surface area contributed by atoms with Gasteiger partial charge in [-0.15, -0.1) is 0 Å². The number of nitro benzene ring substituents is 1. The number of fused-ring (bicyclic) bond motifs is 1. The molecule has 2 N–H and O–H groups in total. The maximum atomic E-state index is 11.0. The number of hydrogen-bond donors (Lipinski definition) is 1. The van der Waals surface area contributed by atoms with Crippen LogP contribution in [0.15, 0.2) is 48.5 Å². The zero-order valence-corrected chi connectivity index (χ0v) is 10.8. The van der Waals surface area contributed by atoms with E-state index < -0.39 is 4.92 Å². The molecule has 0 fully saturated rings. The van der Waals surface area contributed by atoms with Crippen molar-refractivity contribution in [3.05, 3.63) is 58.6 Å². The van der Waals surface area contributed by atoms with Crippen molar-refractivity contribution in [1.29, 1.82) is 0 Å². The summed E-state index contributed by atoms with van der Waals surface area (Å²) in [5, 5.41) is 11.0. The summed E-state index contributed by atoms with van der Waals surface area (Å²) in [6, 6.07) is 13.2. The summed E-state index contributed by atoms with van der Waals surface area (Å²) in [7, 11) is 0. The van der Waals surface area contributed by atoms with E-state index in [1.54, 1.807) is 24.3 Å². The number of aromatic nitrogens is 2. The van der Waals surface area contributed by atoms with Gasteiger partial charge >= 0.3 is 5.69 Å². The molecule has 7 nitrogen and oxygen atoms in total. The third-order valence-electron chi connectivity index (χ3n) is 2.83. The van der Waals surface area contributed by atoms with Crippen LogP contribution in [0.4, 0.5) is 11.5 Å². The fourth-order valence-electron chi connectivity index (χ4n) is 1.87. The predicted octanol–water partition coefficient (Wildman–Crippen LogP) is 2.91. The highest BCUT2D eigenvalue weighted by Gasteiger charge is 2.17. The molecule has 2 aromatic carbocycles. The number of nitrogens with zero attached hydrogens (tertiary/aromatic N) is 3. The highest BCUT2D eigenvalue weighted by molar-refractivity contribution is 5.77. The van der Waals surface area contributed by atoms with Gasteiger partial charge in [-0.05, 0) is 18.2 Å². The monoisotopic (exact) mass is 282 g/mol. The van der Waals surface area contributed by atoms with E-state index in [0.717, 1.165) is 0 Å². The normalized spacial score (nSPS) is 10.5. The molecule has 0 radical (unpaired) electrons. The van der Waals surface area contributed by atoms with E-state index in [1.165, 1.54) is 12.1 Å². The Balaban J connectivity index is 2.06. The number of hydrogen-bond acceptors (Lipinski definition) is 6. The third-order valence-corrected chi connectivity index (χ3v) is 2.83. The number of benzene rings is 2. The first-order chi connectivity index (χ1) is 10.1. The van der Waals surface area contributed by atoms with E-state index in [0.29, 0.717) is 11.0 Å². The zero-order valence-electron chi connectivity index (χ0n) is 10.8. The molecule has 0 amide bonds. The van der Waals surface area contributed by atoms with Gasteiger partial charge in [-0.2, -0.15) is 0 Å². The third kappa shape index (κ3) is 2.44. The highest BCUT2D eigenvalue weighted by atomic mass is 16.6. The molecule has 0 atom stereocenters. The molecule has 21 heavy (non-hydrogen) atoms. The van der Waals surface area contributed by atoms with Crippen LogP contribution in [-0.4, -0.2) is 14.9 Å². The molecule has 0 unspecified atom stereocenters. The number of para-hydroxylation sites is 4. The van der Waals surface area contributed by atoms with Crippen molar-refractivity contribution in [3.8, 4) is 11.6 Å². The van der Waals surface area contributed by atoms with Gasteiger partial charge in [-0.1, -0.05) is 24.3 Å². The number of anilines is 1. The first-order valence-corrected chi connectivity index (χ1v) is 6.08. The first kappa shape index (κ1) is 12.8. The summed E-state index contributed by atoms with van der Waals surface area (Å²) >= 11 is 0. The summed E-state index contributed by atoms with van der Waals surface area (Å²) < 4.78 is 5.47. The predicted molar refractivity (Wildman–Crippen MR) is 77.1 cm³/mol. The van der Waals surface area contributed by atoms with Crippen molar-refractivity contribution < 1.29 is 9.66 Å². The van der Waals surface area contributed by atoms with Crippen LogP contribution in [0.2, 0.25) is 0 Å². The number of nitrogens with two attached hydrogens (primary N) is 1. The van der Waals surface area contributed by atoms with Crippen LogP contribution < -0.4 is 10.5 Å². The second-order valence-electron chi connectivity index (χ2n) is 4.23. The van der Waals surface area contributed by atoms with Crippen molar-refractivity contribution in [2.24, 2.45) is 0 Å².